The Balaban J connectivity index is 1.50. The van der Waals surface area contributed by atoms with Gasteiger partial charge in [-0.3, -0.25) is 19.3 Å². The van der Waals surface area contributed by atoms with Gasteiger partial charge in [-0.1, -0.05) is 47.5 Å². The minimum Gasteiger partial charge on any atom is -0.490 e. The summed E-state index contributed by atoms with van der Waals surface area (Å²) in [6.45, 7) is 2.07. The molecule has 0 spiro atoms. The number of thioether (sulfide) groups is 1. The third-order valence-corrected chi connectivity index (χ3v) is 7.55. The van der Waals surface area contributed by atoms with Gasteiger partial charge in [0.05, 0.1) is 15.1 Å². The topological polar surface area (TPSA) is 84.9 Å². The van der Waals surface area contributed by atoms with Gasteiger partial charge in [-0.2, -0.15) is 0 Å². The second-order valence-electron chi connectivity index (χ2n) is 7.97. The molecule has 0 aliphatic carbocycles. The number of ether oxygens (including phenoxy) is 2. The molecule has 1 aliphatic rings. The van der Waals surface area contributed by atoms with Crippen LogP contribution < -0.4 is 14.8 Å². The predicted molar refractivity (Wildman–Crippen MR) is 159 cm³/mol. The fourth-order valence-electron chi connectivity index (χ4n) is 3.52. The van der Waals surface area contributed by atoms with Gasteiger partial charge in [0.2, 0.25) is 5.91 Å². The van der Waals surface area contributed by atoms with Crippen LogP contribution in [0.4, 0.5) is 10.5 Å². The average Bonchev–Trinajstić information content (AvgIpc) is 3.12. The largest absolute Gasteiger partial charge is 0.490 e. The van der Waals surface area contributed by atoms with Gasteiger partial charge in [0.25, 0.3) is 11.1 Å². The van der Waals surface area contributed by atoms with Crippen LogP contribution in [0.3, 0.4) is 0 Å². The van der Waals surface area contributed by atoms with E-state index in [1.807, 2.05) is 19.1 Å². The first kappa shape index (κ1) is 28.3. The van der Waals surface area contributed by atoms with Gasteiger partial charge in [0.15, 0.2) is 11.5 Å². The van der Waals surface area contributed by atoms with E-state index >= 15 is 0 Å². The number of benzene rings is 3. The van der Waals surface area contributed by atoms with Crippen LogP contribution in [-0.4, -0.2) is 35.1 Å². The van der Waals surface area contributed by atoms with Crippen LogP contribution in [0.2, 0.25) is 10.0 Å². The number of anilines is 1. The summed E-state index contributed by atoms with van der Waals surface area (Å²) in [5, 5.41) is 3.20. The standard InChI is InChI=1S/C27H21Cl2IN2O5S/c1-2-36-22-11-16(10-21(30)25(22)37-15-17-8-9-18(28)13-20(17)29)12-23-26(34)32(27(35)38-23)14-24(33)31-19-6-4-3-5-7-19/h3-13H,2,14-15H2,1H3,(H,31,33)/b23-12+. The molecule has 1 N–H and O–H groups in total. The van der Waals surface area contributed by atoms with E-state index in [1.165, 1.54) is 0 Å². The normalized spacial score (nSPS) is 14.2. The van der Waals surface area contributed by atoms with E-state index < -0.39 is 17.1 Å². The second kappa shape index (κ2) is 12.9. The molecule has 196 valence electrons. The van der Waals surface area contributed by atoms with Gasteiger partial charge in [0.1, 0.15) is 13.2 Å². The molecule has 38 heavy (non-hydrogen) atoms. The van der Waals surface area contributed by atoms with Crippen molar-refractivity contribution in [2.45, 2.75) is 13.5 Å². The number of imide groups is 1. The summed E-state index contributed by atoms with van der Waals surface area (Å²) in [7, 11) is 0. The number of rotatable bonds is 9. The first-order valence-electron chi connectivity index (χ1n) is 11.4. The van der Waals surface area contributed by atoms with Gasteiger partial charge in [-0.25, -0.2) is 0 Å². The van der Waals surface area contributed by atoms with E-state index in [-0.39, 0.29) is 18.1 Å². The van der Waals surface area contributed by atoms with E-state index in [4.69, 9.17) is 32.7 Å². The lowest BCUT2D eigenvalue weighted by atomic mass is 10.1. The van der Waals surface area contributed by atoms with Gasteiger partial charge in [-0.15, -0.1) is 0 Å². The van der Waals surface area contributed by atoms with Crippen molar-refractivity contribution in [1.29, 1.82) is 0 Å². The predicted octanol–water partition coefficient (Wildman–Crippen LogP) is 7.25. The number of amides is 3. The smallest absolute Gasteiger partial charge is 0.294 e. The second-order valence-corrected chi connectivity index (χ2v) is 11.0. The Kier molecular flexibility index (Phi) is 9.59. The molecule has 3 aromatic rings. The van der Waals surface area contributed by atoms with E-state index in [2.05, 4.69) is 27.9 Å². The maximum Gasteiger partial charge on any atom is 0.294 e. The highest BCUT2D eigenvalue weighted by atomic mass is 127. The van der Waals surface area contributed by atoms with E-state index in [0.29, 0.717) is 39.4 Å². The Bertz CT molecular complexity index is 1420. The van der Waals surface area contributed by atoms with Crippen molar-refractivity contribution in [2.24, 2.45) is 0 Å². The first-order chi connectivity index (χ1) is 18.2. The van der Waals surface area contributed by atoms with Crippen LogP contribution in [0.25, 0.3) is 6.08 Å². The van der Waals surface area contributed by atoms with Gasteiger partial charge < -0.3 is 14.8 Å². The Morgan fingerprint density at radius 3 is 2.55 bits per heavy atom. The molecule has 0 bridgehead atoms. The third kappa shape index (κ3) is 7.02. The summed E-state index contributed by atoms with van der Waals surface area (Å²) in [5.74, 6) is 0.0163. The Hall–Kier alpha value is -2.73. The Labute approximate surface area is 247 Å². The Morgan fingerprint density at radius 2 is 1.84 bits per heavy atom. The number of halogens is 3. The zero-order valence-electron chi connectivity index (χ0n) is 20.0. The molecule has 0 atom stereocenters. The van der Waals surface area contributed by atoms with Gasteiger partial charge >= 0.3 is 0 Å². The zero-order chi connectivity index (χ0) is 27.2. The van der Waals surface area contributed by atoms with Crippen LogP contribution in [0.15, 0.2) is 65.6 Å². The van der Waals surface area contributed by atoms with Crippen LogP contribution >= 0.6 is 57.6 Å². The summed E-state index contributed by atoms with van der Waals surface area (Å²) in [4.78, 5) is 39.0. The number of hydrogen-bond donors (Lipinski definition) is 1. The fraction of sp³-hybridized carbons (Fsp3) is 0.148. The molecular formula is C27H21Cl2IN2O5S. The number of carbonyl (C=O) groups is 3. The Morgan fingerprint density at radius 1 is 1.08 bits per heavy atom. The number of nitrogens with one attached hydrogen (secondary N) is 1. The van der Waals surface area contributed by atoms with Gasteiger partial charge in [-0.05, 0) is 89.3 Å². The van der Waals surface area contributed by atoms with E-state index in [9.17, 15) is 14.4 Å². The molecule has 4 rings (SSSR count). The number of nitrogens with zero attached hydrogens (tertiary/aromatic N) is 1. The first-order valence-corrected chi connectivity index (χ1v) is 14.0. The summed E-state index contributed by atoms with van der Waals surface area (Å²) in [5.41, 5.74) is 2.00. The molecule has 0 unspecified atom stereocenters. The van der Waals surface area contributed by atoms with Crippen LogP contribution in [0, 0.1) is 3.57 Å². The summed E-state index contributed by atoms with van der Waals surface area (Å²) in [6.07, 6.45) is 1.60. The summed E-state index contributed by atoms with van der Waals surface area (Å²) < 4.78 is 12.6. The number of hydrogen-bond acceptors (Lipinski definition) is 6. The molecule has 0 radical (unpaired) electrons. The third-order valence-electron chi connectivity index (χ3n) is 5.25. The van der Waals surface area contributed by atoms with Gasteiger partial charge in [0, 0.05) is 21.3 Å². The van der Waals surface area contributed by atoms with E-state index in [1.54, 1.807) is 54.6 Å². The molecule has 1 heterocycles. The lowest BCUT2D eigenvalue weighted by Gasteiger charge is -2.15. The fourth-order valence-corrected chi connectivity index (χ4v) is 5.60. The lowest BCUT2D eigenvalue weighted by Crippen LogP contribution is -2.36. The molecule has 7 nitrogen and oxygen atoms in total. The van der Waals surface area contributed by atoms with Crippen molar-refractivity contribution in [3.8, 4) is 11.5 Å². The highest BCUT2D eigenvalue weighted by Crippen LogP contribution is 2.38. The van der Waals surface area contributed by atoms with Crippen LogP contribution in [-0.2, 0) is 16.2 Å². The van der Waals surface area contributed by atoms with Crippen molar-refractivity contribution in [1.82, 2.24) is 4.90 Å². The number of para-hydroxylation sites is 1. The quantitative estimate of drug-likeness (QED) is 0.189. The maximum absolute atomic E-state index is 12.9. The minimum atomic E-state index is -0.533. The van der Waals surface area contributed by atoms with Crippen LogP contribution in [0.1, 0.15) is 18.1 Å². The molecule has 11 heteroatoms. The van der Waals surface area contributed by atoms with Crippen molar-refractivity contribution in [2.75, 3.05) is 18.5 Å². The molecule has 1 fully saturated rings. The highest BCUT2D eigenvalue weighted by Gasteiger charge is 2.36. The number of carbonyl (C=O) groups excluding carboxylic acids is 3. The van der Waals surface area contributed by atoms with Crippen molar-refractivity contribution in [3.05, 3.63) is 90.3 Å². The molecule has 1 saturated heterocycles. The SMILES string of the molecule is CCOc1cc(/C=C2/SC(=O)N(CC(=O)Nc3ccccc3)C2=O)cc(I)c1OCc1ccc(Cl)cc1Cl. The molecule has 0 aromatic heterocycles. The minimum absolute atomic E-state index is 0.204. The van der Waals surface area contributed by atoms with Crippen molar-refractivity contribution in [3.63, 3.8) is 0 Å². The maximum atomic E-state index is 12.9. The molecule has 3 amide bonds. The lowest BCUT2D eigenvalue weighted by molar-refractivity contribution is -0.127. The molecule has 0 saturated carbocycles. The monoisotopic (exact) mass is 682 g/mol. The average molecular weight is 683 g/mol. The molecular weight excluding hydrogens is 662 g/mol. The highest BCUT2D eigenvalue weighted by molar-refractivity contribution is 14.1. The van der Waals surface area contributed by atoms with E-state index in [0.717, 1.165) is 25.8 Å². The molecule has 1 aliphatic heterocycles. The van der Waals surface area contributed by atoms with Crippen molar-refractivity contribution < 1.29 is 23.9 Å². The summed E-state index contributed by atoms with van der Waals surface area (Å²) >= 11 is 15.2. The summed E-state index contributed by atoms with van der Waals surface area (Å²) in [6, 6.07) is 17.6. The zero-order valence-corrected chi connectivity index (χ0v) is 24.5. The molecule has 3 aromatic carbocycles. The van der Waals surface area contributed by atoms with Crippen molar-refractivity contribution >= 4 is 86.4 Å². The van der Waals surface area contributed by atoms with Crippen LogP contribution in [0.5, 0.6) is 11.5 Å².